The Morgan fingerprint density at radius 2 is 1.95 bits per heavy atom. The first-order valence-corrected chi connectivity index (χ1v) is 9.47. The Bertz CT molecular complexity index is 646. The van der Waals surface area contributed by atoms with Gasteiger partial charge in [0.1, 0.15) is 11.0 Å². The van der Waals surface area contributed by atoms with Gasteiger partial charge in [-0.3, -0.25) is 4.79 Å². The van der Waals surface area contributed by atoms with Gasteiger partial charge in [-0.25, -0.2) is 13.1 Å². The zero-order valence-electron chi connectivity index (χ0n) is 12.7. The first kappa shape index (κ1) is 15.4. The second-order valence-electron chi connectivity index (χ2n) is 6.11. The van der Waals surface area contributed by atoms with Crippen LogP contribution in [0.5, 0.6) is 0 Å². The molecule has 9 heteroatoms. The summed E-state index contributed by atoms with van der Waals surface area (Å²) in [5, 5.41) is 10.2. The monoisotopic (exact) mass is 327 g/mol. The summed E-state index contributed by atoms with van der Waals surface area (Å²) in [5.41, 5.74) is 0. The maximum Gasteiger partial charge on any atom is 0.240 e. The van der Waals surface area contributed by atoms with Gasteiger partial charge in [0.25, 0.3) is 0 Å². The van der Waals surface area contributed by atoms with Crippen LogP contribution >= 0.6 is 0 Å². The number of piperidine rings is 1. The largest absolute Gasteiger partial charge is 0.342 e. The van der Waals surface area contributed by atoms with E-state index in [0.29, 0.717) is 18.9 Å². The standard InChI is InChI=1S/C13H21N5O3S/c1-10(13(19)17-7-3-2-4-8-17)22(20,21)9-12-14-15-16-18(12)11-5-6-11/h10-11H,2-9H2,1H3. The van der Waals surface area contributed by atoms with Crippen molar-refractivity contribution in [3.63, 3.8) is 0 Å². The molecule has 0 radical (unpaired) electrons. The van der Waals surface area contributed by atoms with E-state index in [0.717, 1.165) is 32.1 Å². The van der Waals surface area contributed by atoms with Crippen LogP contribution in [0.1, 0.15) is 50.9 Å². The Kier molecular flexibility index (Phi) is 4.16. The highest BCUT2D eigenvalue weighted by atomic mass is 32.2. The smallest absolute Gasteiger partial charge is 0.240 e. The van der Waals surface area contributed by atoms with Crippen molar-refractivity contribution in [3.05, 3.63) is 5.82 Å². The topological polar surface area (TPSA) is 98.1 Å². The van der Waals surface area contributed by atoms with Gasteiger partial charge >= 0.3 is 0 Å². The molecular formula is C13H21N5O3S. The Labute approximate surface area is 129 Å². The molecule has 1 amide bonds. The summed E-state index contributed by atoms with van der Waals surface area (Å²) in [6.45, 7) is 2.77. The van der Waals surface area contributed by atoms with Crippen molar-refractivity contribution in [1.29, 1.82) is 0 Å². The van der Waals surface area contributed by atoms with Crippen molar-refractivity contribution in [1.82, 2.24) is 25.1 Å². The lowest BCUT2D eigenvalue weighted by atomic mass is 10.1. The SMILES string of the molecule is CC(C(=O)N1CCCCC1)S(=O)(=O)Cc1nnnn1C1CC1. The molecule has 1 aliphatic heterocycles. The molecule has 22 heavy (non-hydrogen) atoms. The zero-order chi connectivity index (χ0) is 15.7. The van der Waals surface area contributed by atoms with Gasteiger partial charge in [-0.05, 0) is 49.5 Å². The fourth-order valence-electron chi connectivity index (χ4n) is 2.74. The molecule has 2 fully saturated rings. The Morgan fingerprint density at radius 3 is 2.59 bits per heavy atom. The molecule has 0 spiro atoms. The third-order valence-electron chi connectivity index (χ3n) is 4.34. The van der Waals surface area contributed by atoms with Crippen LogP contribution in [0.4, 0.5) is 0 Å². The van der Waals surface area contributed by atoms with Gasteiger partial charge in [-0.15, -0.1) is 5.10 Å². The van der Waals surface area contributed by atoms with Crippen LogP contribution in [-0.4, -0.2) is 57.8 Å². The molecule has 1 aromatic rings. The van der Waals surface area contributed by atoms with Crippen molar-refractivity contribution in [3.8, 4) is 0 Å². The molecule has 1 aliphatic carbocycles. The van der Waals surface area contributed by atoms with Crippen molar-refractivity contribution >= 4 is 15.7 Å². The van der Waals surface area contributed by atoms with Crippen molar-refractivity contribution in [2.45, 2.75) is 56.1 Å². The molecule has 8 nitrogen and oxygen atoms in total. The fraction of sp³-hybridized carbons (Fsp3) is 0.846. The van der Waals surface area contributed by atoms with Gasteiger partial charge in [0.05, 0.1) is 6.04 Å². The number of hydrogen-bond acceptors (Lipinski definition) is 6. The molecule has 2 aliphatic rings. The molecule has 0 bridgehead atoms. The van der Waals surface area contributed by atoms with E-state index in [4.69, 9.17) is 0 Å². The summed E-state index contributed by atoms with van der Waals surface area (Å²) in [6.07, 6.45) is 4.93. The molecule has 122 valence electrons. The number of carbonyl (C=O) groups is 1. The average molecular weight is 327 g/mol. The van der Waals surface area contributed by atoms with Gasteiger partial charge in [0, 0.05) is 13.1 Å². The van der Waals surface area contributed by atoms with Gasteiger partial charge in [0.2, 0.25) is 5.91 Å². The second-order valence-corrected chi connectivity index (χ2v) is 8.43. The van der Waals surface area contributed by atoms with E-state index in [1.807, 2.05) is 0 Å². The van der Waals surface area contributed by atoms with Crippen LogP contribution in [0.15, 0.2) is 0 Å². The van der Waals surface area contributed by atoms with Gasteiger partial charge in [0.15, 0.2) is 15.7 Å². The third-order valence-corrected chi connectivity index (χ3v) is 6.28. The minimum Gasteiger partial charge on any atom is -0.342 e. The number of nitrogens with zero attached hydrogens (tertiary/aromatic N) is 5. The summed E-state index contributed by atoms with van der Waals surface area (Å²) in [5.74, 6) is -0.247. The molecule has 1 unspecified atom stereocenters. The summed E-state index contributed by atoms with van der Waals surface area (Å²) in [7, 11) is -3.61. The maximum atomic E-state index is 12.5. The number of aromatic nitrogens is 4. The van der Waals surface area contributed by atoms with Crippen molar-refractivity contribution in [2.75, 3.05) is 13.1 Å². The fourth-order valence-corrected chi connectivity index (χ4v) is 4.00. The normalized spacial score (nSPS) is 20.9. The van der Waals surface area contributed by atoms with Gasteiger partial charge < -0.3 is 4.90 Å². The van der Waals surface area contributed by atoms with E-state index in [-0.39, 0.29) is 17.7 Å². The molecule has 3 rings (SSSR count). The summed E-state index contributed by atoms with van der Waals surface area (Å²) < 4.78 is 26.6. The summed E-state index contributed by atoms with van der Waals surface area (Å²) in [6, 6.07) is 0.216. The first-order chi connectivity index (χ1) is 10.5. The highest BCUT2D eigenvalue weighted by Crippen LogP contribution is 2.34. The van der Waals surface area contributed by atoms with Gasteiger partial charge in [-0.2, -0.15) is 0 Å². The molecule has 1 atom stereocenters. The number of tetrazole rings is 1. The minimum atomic E-state index is -3.61. The number of likely N-dealkylation sites (tertiary alicyclic amines) is 1. The van der Waals surface area contributed by atoms with Crippen LogP contribution in [0.2, 0.25) is 0 Å². The van der Waals surface area contributed by atoms with E-state index < -0.39 is 15.1 Å². The molecule has 1 saturated carbocycles. The van der Waals surface area contributed by atoms with Crippen molar-refractivity contribution < 1.29 is 13.2 Å². The van der Waals surface area contributed by atoms with E-state index >= 15 is 0 Å². The predicted octanol–water partition coefficient (Wildman–Crippen LogP) is 0.324. The average Bonchev–Trinajstić information content (AvgIpc) is 3.27. The molecule has 1 aromatic heterocycles. The zero-order valence-corrected chi connectivity index (χ0v) is 13.5. The van der Waals surface area contributed by atoms with Crippen LogP contribution in [-0.2, 0) is 20.4 Å². The quantitative estimate of drug-likeness (QED) is 0.772. The van der Waals surface area contributed by atoms with Crippen LogP contribution in [0, 0.1) is 0 Å². The third kappa shape index (κ3) is 3.13. The predicted molar refractivity (Wildman–Crippen MR) is 78.6 cm³/mol. The number of hydrogen-bond donors (Lipinski definition) is 0. The van der Waals surface area contributed by atoms with E-state index in [9.17, 15) is 13.2 Å². The lowest BCUT2D eigenvalue weighted by molar-refractivity contribution is -0.131. The van der Waals surface area contributed by atoms with Crippen LogP contribution in [0.25, 0.3) is 0 Å². The van der Waals surface area contributed by atoms with Crippen molar-refractivity contribution in [2.24, 2.45) is 0 Å². The summed E-state index contributed by atoms with van der Waals surface area (Å²) in [4.78, 5) is 14.1. The summed E-state index contributed by atoms with van der Waals surface area (Å²) >= 11 is 0. The lowest BCUT2D eigenvalue weighted by Gasteiger charge is -2.29. The van der Waals surface area contributed by atoms with E-state index in [2.05, 4.69) is 15.5 Å². The van der Waals surface area contributed by atoms with Crippen LogP contribution in [0.3, 0.4) is 0 Å². The highest BCUT2D eigenvalue weighted by Gasteiger charge is 2.35. The maximum absolute atomic E-state index is 12.5. The Hall–Kier alpha value is -1.51. The van der Waals surface area contributed by atoms with E-state index in [1.54, 1.807) is 9.58 Å². The Balaban J connectivity index is 1.71. The Morgan fingerprint density at radius 1 is 1.27 bits per heavy atom. The number of amides is 1. The molecule has 1 saturated heterocycles. The molecule has 2 heterocycles. The molecule has 0 aromatic carbocycles. The number of rotatable bonds is 5. The van der Waals surface area contributed by atoms with Gasteiger partial charge in [-0.1, -0.05) is 0 Å². The lowest BCUT2D eigenvalue weighted by Crippen LogP contribution is -2.44. The minimum absolute atomic E-state index is 0.216. The highest BCUT2D eigenvalue weighted by molar-refractivity contribution is 7.92. The molecular weight excluding hydrogens is 306 g/mol. The second kappa shape index (κ2) is 5.94. The number of carbonyl (C=O) groups excluding carboxylic acids is 1. The number of sulfone groups is 1. The van der Waals surface area contributed by atoms with E-state index in [1.165, 1.54) is 6.92 Å². The molecule has 0 N–H and O–H groups in total. The first-order valence-electron chi connectivity index (χ1n) is 7.76. The van der Waals surface area contributed by atoms with Crippen LogP contribution < -0.4 is 0 Å².